The van der Waals surface area contributed by atoms with Gasteiger partial charge in [-0.25, -0.2) is 4.98 Å². The zero-order chi connectivity index (χ0) is 13.1. The molecule has 0 aromatic carbocycles. The van der Waals surface area contributed by atoms with E-state index >= 15 is 0 Å². The van der Waals surface area contributed by atoms with Crippen LogP contribution in [0.1, 0.15) is 60.7 Å². The Balaban J connectivity index is 1.51. The Morgan fingerprint density at radius 1 is 1.21 bits per heavy atom. The van der Waals surface area contributed by atoms with Gasteiger partial charge in [-0.15, -0.1) is 11.3 Å². The van der Waals surface area contributed by atoms with E-state index in [0.717, 1.165) is 12.5 Å². The minimum atomic E-state index is 0.327. The molecule has 0 amide bonds. The molecule has 3 rings (SSSR count). The van der Waals surface area contributed by atoms with Gasteiger partial charge in [0.25, 0.3) is 0 Å². The monoisotopic (exact) mass is 280 g/mol. The van der Waals surface area contributed by atoms with E-state index in [2.05, 4.69) is 10.3 Å². The van der Waals surface area contributed by atoms with Gasteiger partial charge < -0.3 is 10.4 Å². The van der Waals surface area contributed by atoms with Crippen molar-refractivity contribution in [1.82, 2.24) is 10.3 Å². The second kappa shape index (κ2) is 6.33. The molecule has 2 saturated carbocycles. The summed E-state index contributed by atoms with van der Waals surface area (Å²) in [4.78, 5) is 5.92. The van der Waals surface area contributed by atoms with Crippen LogP contribution in [0, 0.1) is 5.92 Å². The van der Waals surface area contributed by atoms with Gasteiger partial charge in [-0.1, -0.05) is 19.3 Å². The Morgan fingerprint density at radius 2 is 2.05 bits per heavy atom. The average molecular weight is 280 g/mol. The van der Waals surface area contributed by atoms with E-state index in [0.29, 0.717) is 18.6 Å². The van der Waals surface area contributed by atoms with Crippen LogP contribution in [-0.2, 0) is 6.54 Å². The Kier molecular flexibility index (Phi) is 4.51. The van der Waals surface area contributed by atoms with E-state index in [9.17, 15) is 5.11 Å². The van der Waals surface area contributed by atoms with Crippen molar-refractivity contribution in [2.45, 2.75) is 63.5 Å². The molecular weight excluding hydrogens is 256 g/mol. The number of nitrogens with zero attached hydrogens (tertiary/aromatic N) is 1. The molecule has 1 heterocycles. The second-order valence-corrected chi connectivity index (χ2v) is 7.15. The number of hydrogen-bond donors (Lipinski definition) is 2. The Labute approximate surface area is 119 Å². The number of aliphatic hydroxyl groups is 1. The lowest BCUT2D eigenvalue weighted by Gasteiger charge is -2.30. The summed E-state index contributed by atoms with van der Waals surface area (Å²) in [7, 11) is 0. The lowest BCUT2D eigenvalue weighted by Crippen LogP contribution is -2.39. The summed E-state index contributed by atoms with van der Waals surface area (Å²) >= 11 is 1.88. The molecule has 3 nitrogen and oxygen atoms in total. The van der Waals surface area contributed by atoms with Gasteiger partial charge in [-0.2, -0.15) is 0 Å². The zero-order valence-electron chi connectivity index (χ0n) is 11.5. The summed E-state index contributed by atoms with van der Waals surface area (Å²) in [5.41, 5.74) is 0. The molecule has 0 spiro atoms. The van der Waals surface area contributed by atoms with Crippen molar-refractivity contribution in [2.75, 3.05) is 6.61 Å². The largest absolute Gasteiger partial charge is 0.396 e. The van der Waals surface area contributed by atoms with Crippen molar-refractivity contribution in [3.05, 3.63) is 16.1 Å². The molecule has 1 aromatic heterocycles. The minimum Gasteiger partial charge on any atom is -0.396 e. The highest BCUT2D eigenvalue weighted by Crippen LogP contribution is 2.38. The quantitative estimate of drug-likeness (QED) is 0.871. The van der Waals surface area contributed by atoms with E-state index in [1.165, 1.54) is 54.8 Å². The first kappa shape index (κ1) is 13.5. The fraction of sp³-hybridized carbons (Fsp3) is 0.800. The molecule has 2 aliphatic rings. The Hall–Kier alpha value is -0.450. The van der Waals surface area contributed by atoms with Crippen LogP contribution in [0.25, 0.3) is 0 Å². The topological polar surface area (TPSA) is 45.1 Å². The van der Waals surface area contributed by atoms with Gasteiger partial charge in [0, 0.05) is 36.2 Å². The van der Waals surface area contributed by atoms with Gasteiger partial charge in [0.2, 0.25) is 0 Å². The third kappa shape index (κ3) is 3.18. The van der Waals surface area contributed by atoms with Gasteiger partial charge in [0.05, 0.1) is 5.01 Å². The van der Waals surface area contributed by atoms with Gasteiger partial charge in [0.1, 0.15) is 0 Å². The van der Waals surface area contributed by atoms with Crippen molar-refractivity contribution in [2.24, 2.45) is 5.92 Å². The van der Waals surface area contributed by atoms with E-state index in [4.69, 9.17) is 0 Å². The van der Waals surface area contributed by atoms with E-state index in [1.807, 2.05) is 17.5 Å². The fourth-order valence-electron chi connectivity index (χ4n) is 3.17. The van der Waals surface area contributed by atoms with E-state index < -0.39 is 0 Å². The summed E-state index contributed by atoms with van der Waals surface area (Å²) in [6, 6.07) is 0.494. The smallest absolute Gasteiger partial charge is 0.0959 e. The normalized spacial score (nSPS) is 28.3. The highest BCUT2D eigenvalue weighted by molar-refractivity contribution is 7.11. The first-order valence-electron chi connectivity index (χ1n) is 7.65. The second-order valence-electron chi connectivity index (χ2n) is 6.01. The standard InChI is InChI=1S/C15H24N2OS/c18-10-12-4-1-2-7-14(12)16-8-13-9-17-15(19-13)11-5-3-6-11/h9,11-12,14,16,18H,1-8,10H2. The van der Waals surface area contributed by atoms with Crippen molar-refractivity contribution >= 4 is 11.3 Å². The number of thiazole rings is 1. The maximum atomic E-state index is 9.43. The molecule has 19 heavy (non-hydrogen) atoms. The highest BCUT2D eigenvalue weighted by Gasteiger charge is 2.25. The molecule has 1 aromatic rings. The molecule has 2 unspecified atom stereocenters. The number of aliphatic hydroxyl groups excluding tert-OH is 1. The molecule has 2 N–H and O–H groups in total. The van der Waals surface area contributed by atoms with Crippen LogP contribution in [0.3, 0.4) is 0 Å². The molecule has 2 atom stereocenters. The molecule has 0 bridgehead atoms. The van der Waals surface area contributed by atoms with Crippen molar-refractivity contribution < 1.29 is 5.11 Å². The molecule has 0 saturated heterocycles. The maximum absolute atomic E-state index is 9.43. The molecular formula is C15H24N2OS. The lowest BCUT2D eigenvalue weighted by molar-refractivity contribution is 0.152. The van der Waals surface area contributed by atoms with Gasteiger partial charge in [-0.3, -0.25) is 0 Å². The predicted molar refractivity (Wildman–Crippen MR) is 78.4 cm³/mol. The van der Waals surface area contributed by atoms with Crippen LogP contribution in [-0.4, -0.2) is 22.7 Å². The minimum absolute atomic E-state index is 0.327. The van der Waals surface area contributed by atoms with Crippen molar-refractivity contribution in [3.63, 3.8) is 0 Å². The third-order valence-corrected chi connectivity index (χ3v) is 5.87. The summed E-state index contributed by atoms with van der Waals surface area (Å²) in [6.45, 7) is 1.25. The molecule has 2 aliphatic carbocycles. The van der Waals surface area contributed by atoms with Gasteiger partial charge in [-0.05, 0) is 31.6 Å². The first-order valence-corrected chi connectivity index (χ1v) is 8.47. The van der Waals surface area contributed by atoms with Crippen LogP contribution in [0.15, 0.2) is 6.20 Å². The summed E-state index contributed by atoms with van der Waals surface area (Å²) in [6.07, 6.45) is 11.0. The summed E-state index contributed by atoms with van der Waals surface area (Å²) in [5, 5.41) is 14.4. The maximum Gasteiger partial charge on any atom is 0.0959 e. The highest BCUT2D eigenvalue weighted by atomic mass is 32.1. The molecule has 0 radical (unpaired) electrons. The zero-order valence-corrected chi connectivity index (χ0v) is 12.3. The van der Waals surface area contributed by atoms with E-state index in [-0.39, 0.29) is 0 Å². The Bertz CT molecular complexity index is 403. The number of aromatic nitrogens is 1. The van der Waals surface area contributed by atoms with E-state index in [1.54, 1.807) is 0 Å². The SMILES string of the molecule is OCC1CCCCC1NCc1cnc(C2CCC2)s1. The summed E-state index contributed by atoms with van der Waals surface area (Å²) in [5.74, 6) is 1.20. The predicted octanol–water partition coefficient (Wildman–Crippen LogP) is 3.05. The number of rotatable bonds is 5. The lowest BCUT2D eigenvalue weighted by atomic mass is 9.85. The van der Waals surface area contributed by atoms with Gasteiger partial charge >= 0.3 is 0 Å². The Morgan fingerprint density at radius 3 is 2.79 bits per heavy atom. The van der Waals surface area contributed by atoms with Crippen LogP contribution in [0.2, 0.25) is 0 Å². The van der Waals surface area contributed by atoms with Gasteiger partial charge in [0.15, 0.2) is 0 Å². The molecule has 106 valence electrons. The van der Waals surface area contributed by atoms with Crippen LogP contribution in [0.4, 0.5) is 0 Å². The van der Waals surface area contributed by atoms with Crippen LogP contribution < -0.4 is 5.32 Å². The molecule has 4 heteroatoms. The molecule has 2 fully saturated rings. The first-order chi connectivity index (χ1) is 9.36. The van der Waals surface area contributed by atoms with Crippen molar-refractivity contribution in [3.8, 4) is 0 Å². The third-order valence-electron chi connectivity index (χ3n) is 4.71. The average Bonchev–Trinajstić information content (AvgIpc) is 2.83. The summed E-state index contributed by atoms with van der Waals surface area (Å²) < 4.78 is 0. The molecule has 0 aliphatic heterocycles. The van der Waals surface area contributed by atoms with Crippen LogP contribution in [0.5, 0.6) is 0 Å². The number of hydrogen-bond acceptors (Lipinski definition) is 4. The fourth-order valence-corrected chi connectivity index (χ4v) is 4.21. The van der Waals surface area contributed by atoms with Crippen LogP contribution >= 0.6 is 11.3 Å². The number of nitrogens with one attached hydrogen (secondary N) is 1. The van der Waals surface area contributed by atoms with Crippen molar-refractivity contribution in [1.29, 1.82) is 0 Å².